The molecule has 0 unspecified atom stereocenters. The summed E-state index contributed by atoms with van der Waals surface area (Å²) >= 11 is 1.39. The normalized spacial score (nSPS) is 29.0. The number of nitrogens with zero attached hydrogens (tertiary/aromatic N) is 4. The number of rotatable bonds is 2. The van der Waals surface area contributed by atoms with Gasteiger partial charge in [0, 0.05) is 32.1 Å². The van der Waals surface area contributed by atoms with Gasteiger partial charge >= 0.3 is 12.0 Å². The molecule has 1 aromatic rings. The van der Waals surface area contributed by atoms with Crippen molar-refractivity contribution in [2.75, 3.05) is 31.1 Å². The van der Waals surface area contributed by atoms with Crippen molar-refractivity contribution in [3.63, 3.8) is 0 Å². The number of aliphatic carboxylic acids is 1. The molecule has 2 aliphatic heterocycles. The summed E-state index contributed by atoms with van der Waals surface area (Å²) in [5.74, 6) is -0.945. The minimum atomic E-state index is -0.837. The van der Waals surface area contributed by atoms with Crippen LogP contribution in [0.5, 0.6) is 0 Å². The maximum atomic E-state index is 11.9. The van der Waals surface area contributed by atoms with Crippen molar-refractivity contribution >= 4 is 28.5 Å². The third-order valence-corrected chi connectivity index (χ3v) is 5.29. The highest BCUT2D eigenvalue weighted by Crippen LogP contribution is 2.44. The summed E-state index contributed by atoms with van der Waals surface area (Å²) in [6, 6.07) is -0.481. The Balaban J connectivity index is 1.89. The van der Waals surface area contributed by atoms with Crippen LogP contribution >= 0.6 is 11.3 Å². The van der Waals surface area contributed by atoms with Gasteiger partial charge in [-0.2, -0.15) is 0 Å². The number of hydrogen-bond acceptors (Lipinski definition) is 6. The van der Waals surface area contributed by atoms with Gasteiger partial charge in [-0.3, -0.25) is 4.79 Å². The van der Waals surface area contributed by atoms with Gasteiger partial charge < -0.3 is 20.6 Å². The van der Waals surface area contributed by atoms with Gasteiger partial charge in [0.2, 0.25) is 5.13 Å². The van der Waals surface area contributed by atoms with Crippen LogP contribution in [0.3, 0.4) is 0 Å². The Morgan fingerprint density at radius 1 is 1.48 bits per heavy atom. The lowest BCUT2D eigenvalue weighted by Crippen LogP contribution is -2.44. The van der Waals surface area contributed by atoms with Crippen molar-refractivity contribution in [3.05, 3.63) is 5.51 Å². The van der Waals surface area contributed by atoms with Gasteiger partial charge in [-0.1, -0.05) is 11.3 Å². The van der Waals surface area contributed by atoms with Crippen LogP contribution in [-0.4, -0.2) is 58.4 Å². The lowest BCUT2D eigenvalue weighted by molar-refractivity contribution is -0.150. The number of carboxylic acids is 1. The Bertz CT molecular complexity index is 551. The summed E-state index contributed by atoms with van der Waals surface area (Å²) in [4.78, 5) is 26.9. The number of carbonyl (C=O) groups excluding carboxylic acids is 1. The van der Waals surface area contributed by atoms with E-state index in [1.54, 1.807) is 10.4 Å². The van der Waals surface area contributed by atoms with Crippen LogP contribution in [0, 0.1) is 11.3 Å². The zero-order chi connectivity index (χ0) is 15.0. The average Bonchev–Trinajstić information content (AvgIpc) is 3.03. The molecule has 0 aliphatic carbocycles. The van der Waals surface area contributed by atoms with Crippen LogP contribution in [0.25, 0.3) is 0 Å². The summed E-state index contributed by atoms with van der Waals surface area (Å²) in [6.45, 7) is 1.89. The topological polar surface area (TPSA) is 113 Å². The van der Waals surface area contributed by atoms with Crippen molar-refractivity contribution in [2.45, 2.75) is 12.8 Å². The van der Waals surface area contributed by atoms with E-state index in [1.165, 1.54) is 11.3 Å². The highest BCUT2D eigenvalue weighted by molar-refractivity contribution is 7.13. The molecule has 8 nitrogen and oxygen atoms in total. The number of carbonyl (C=O) groups is 2. The summed E-state index contributed by atoms with van der Waals surface area (Å²) in [7, 11) is 0. The first-order chi connectivity index (χ1) is 10.0. The lowest BCUT2D eigenvalue weighted by atomic mass is 9.75. The van der Waals surface area contributed by atoms with E-state index in [2.05, 4.69) is 10.2 Å². The Morgan fingerprint density at radius 3 is 2.90 bits per heavy atom. The molecule has 0 aromatic carbocycles. The second-order valence-electron chi connectivity index (χ2n) is 5.65. The minimum Gasteiger partial charge on any atom is -0.481 e. The number of urea groups is 1. The lowest BCUT2D eigenvalue weighted by Gasteiger charge is -2.28. The second-order valence-corrected chi connectivity index (χ2v) is 6.46. The summed E-state index contributed by atoms with van der Waals surface area (Å²) < 4.78 is 0. The first-order valence-electron chi connectivity index (χ1n) is 6.82. The van der Waals surface area contributed by atoms with Crippen molar-refractivity contribution in [1.29, 1.82) is 0 Å². The molecule has 9 heteroatoms. The van der Waals surface area contributed by atoms with Crippen LogP contribution in [0.15, 0.2) is 5.51 Å². The quantitative estimate of drug-likeness (QED) is 0.808. The van der Waals surface area contributed by atoms with Crippen molar-refractivity contribution in [3.8, 4) is 0 Å². The van der Waals surface area contributed by atoms with Crippen LogP contribution in [0.4, 0.5) is 9.93 Å². The molecule has 2 fully saturated rings. The number of amides is 2. The van der Waals surface area contributed by atoms with E-state index in [-0.39, 0.29) is 5.92 Å². The van der Waals surface area contributed by atoms with Crippen molar-refractivity contribution in [2.24, 2.45) is 17.1 Å². The molecular formula is C12H17N5O3S. The Labute approximate surface area is 125 Å². The number of hydrogen-bond donors (Lipinski definition) is 2. The molecule has 3 N–H and O–H groups in total. The van der Waals surface area contributed by atoms with Gasteiger partial charge in [0.1, 0.15) is 5.51 Å². The molecular weight excluding hydrogens is 294 g/mol. The zero-order valence-electron chi connectivity index (χ0n) is 11.4. The number of carboxylic acid groups (broad SMARTS) is 1. The van der Waals surface area contributed by atoms with Crippen LogP contribution in [-0.2, 0) is 4.79 Å². The molecule has 3 rings (SSSR count). The van der Waals surface area contributed by atoms with Crippen molar-refractivity contribution < 1.29 is 14.7 Å². The van der Waals surface area contributed by atoms with Crippen molar-refractivity contribution in [1.82, 2.24) is 15.1 Å². The maximum Gasteiger partial charge on any atom is 0.314 e. The summed E-state index contributed by atoms with van der Waals surface area (Å²) in [5.41, 5.74) is 6.17. The molecule has 0 spiro atoms. The monoisotopic (exact) mass is 311 g/mol. The van der Waals surface area contributed by atoms with Crippen LogP contribution < -0.4 is 10.6 Å². The third kappa shape index (κ3) is 2.31. The van der Waals surface area contributed by atoms with Gasteiger partial charge in [0.25, 0.3) is 0 Å². The van der Waals surface area contributed by atoms with E-state index >= 15 is 0 Å². The predicted molar refractivity (Wildman–Crippen MR) is 76.1 cm³/mol. The standard InChI is InChI=1S/C12H17N5O3S/c13-10(20)16-3-1-2-12(9(18)19)6-17(5-8(12)4-16)11-15-14-7-21-11/h7-8H,1-6H2,(H2,13,20)(H,18,19)/t8-,12-/m0/s1. The molecule has 0 radical (unpaired) electrons. The molecule has 114 valence electrons. The van der Waals surface area contributed by atoms with Gasteiger partial charge in [0.05, 0.1) is 5.41 Å². The first-order valence-corrected chi connectivity index (χ1v) is 7.70. The molecule has 2 atom stereocenters. The second kappa shape index (κ2) is 5.14. The van der Waals surface area contributed by atoms with Gasteiger partial charge in [-0.05, 0) is 12.8 Å². The smallest absolute Gasteiger partial charge is 0.314 e. The number of likely N-dealkylation sites (tertiary alicyclic amines) is 1. The number of primary amides is 1. The summed E-state index contributed by atoms with van der Waals surface area (Å²) in [6.07, 6.45) is 1.20. The van der Waals surface area contributed by atoms with Crippen LogP contribution in [0.2, 0.25) is 0 Å². The fourth-order valence-electron chi connectivity index (χ4n) is 3.43. The SMILES string of the molecule is NC(=O)N1CCC[C@]2(C(=O)O)CN(c3nncs3)C[C@@H]2C1. The Kier molecular flexibility index (Phi) is 3.44. The van der Waals surface area contributed by atoms with E-state index in [4.69, 9.17) is 5.73 Å². The number of fused-ring (bicyclic) bond motifs is 1. The highest BCUT2D eigenvalue weighted by atomic mass is 32.1. The molecule has 2 aliphatic rings. The van der Waals surface area contributed by atoms with E-state index in [9.17, 15) is 14.7 Å². The number of nitrogens with two attached hydrogens (primary N) is 1. The molecule has 0 saturated carbocycles. The van der Waals surface area contributed by atoms with Crippen LogP contribution in [0.1, 0.15) is 12.8 Å². The Morgan fingerprint density at radius 2 is 2.29 bits per heavy atom. The van der Waals surface area contributed by atoms with E-state index in [0.717, 1.165) is 5.13 Å². The van der Waals surface area contributed by atoms with E-state index < -0.39 is 17.4 Å². The average molecular weight is 311 g/mol. The van der Waals surface area contributed by atoms with Gasteiger partial charge in [-0.15, -0.1) is 10.2 Å². The van der Waals surface area contributed by atoms with Gasteiger partial charge in [-0.25, -0.2) is 4.79 Å². The first kappa shape index (κ1) is 14.1. The fourth-order valence-corrected chi connectivity index (χ4v) is 4.00. The largest absolute Gasteiger partial charge is 0.481 e. The zero-order valence-corrected chi connectivity index (χ0v) is 12.3. The minimum absolute atomic E-state index is 0.145. The van der Waals surface area contributed by atoms with E-state index in [0.29, 0.717) is 39.0 Å². The number of anilines is 1. The Hall–Kier alpha value is -1.90. The molecule has 1 aromatic heterocycles. The van der Waals surface area contributed by atoms with E-state index in [1.807, 2.05) is 4.90 Å². The fraction of sp³-hybridized carbons (Fsp3) is 0.667. The molecule has 2 amide bonds. The molecule has 3 heterocycles. The highest BCUT2D eigenvalue weighted by Gasteiger charge is 2.54. The summed E-state index contributed by atoms with van der Waals surface area (Å²) in [5, 5.41) is 18.3. The molecule has 21 heavy (non-hydrogen) atoms. The van der Waals surface area contributed by atoms with Gasteiger partial charge in [0.15, 0.2) is 0 Å². The maximum absolute atomic E-state index is 11.9. The number of aromatic nitrogens is 2. The predicted octanol–water partition coefficient (Wildman–Crippen LogP) is 0.220. The molecule has 2 saturated heterocycles. The molecule has 0 bridgehead atoms. The third-order valence-electron chi connectivity index (χ3n) is 4.54.